The molecule has 1 aromatic heterocycles. The van der Waals surface area contributed by atoms with Crippen LogP contribution in [0.4, 0.5) is 5.69 Å². The molecule has 0 bridgehead atoms. The first-order chi connectivity index (χ1) is 14.1. The van der Waals surface area contributed by atoms with E-state index in [2.05, 4.69) is 14.3 Å². The Hall–Kier alpha value is -1.89. The lowest BCUT2D eigenvalue weighted by molar-refractivity contribution is 0.0739. The average molecular weight is 449 g/mol. The molecule has 1 unspecified atom stereocenters. The first-order valence-corrected chi connectivity index (χ1v) is 12.4. The van der Waals surface area contributed by atoms with Crippen LogP contribution in [0.3, 0.4) is 0 Å². The van der Waals surface area contributed by atoms with E-state index in [0.717, 1.165) is 24.3 Å². The standard InChI is InChI=1S/C20H22ClN4O2PS/c21-18-5-7-19(8-6-18)25(15-17-3-1-2-4-20(17)26)28(29,24-10-9-22-16-24)23-11-13-27-14-12-23/h1-10,16,26H,11-15H2. The predicted molar refractivity (Wildman–Crippen MR) is 120 cm³/mol. The zero-order valence-electron chi connectivity index (χ0n) is 15.8. The van der Waals surface area contributed by atoms with Crippen LogP contribution in [0.2, 0.25) is 5.02 Å². The largest absolute Gasteiger partial charge is 0.508 e. The molecule has 1 N–H and O–H groups in total. The molecule has 2 heterocycles. The number of nitrogens with zero attached hydrogens (tertiary/aromatic N) is 4. The lowest BCUT2D eigenvalue weighted by atomic mass is 10.2. The van der Waals surface area contributed by atoms with Gasteiger partial charge in [0, 0.05) is 41.8 Å². The van der Waals surface area contributed by atoms with Crippen LogP contribution in [0.1, 0.15) is 5.56 Å². The zero-order valence-corrected chi connectivity index (χ0v) is 18.2. The van der Waals surface area contributed by atoms with Gasteiger partial charge in [-0.05, 0) is 42.1 Å². The van der Waals surface area contributed by atoms with Gasteiger partial charge in [-0.25, -0.2) is 9.65 Å². The molecule has 1 fully saturated rings. The third kappa shape index (κ3) is 4.20. The molecule has 152 valence electrons. The Kier molecular flexibility index (Phi) is 6.23. The van der Waals surface area contributed by atoms with Gasteiger partial charge in [0.1, 0.15) is 12.1 Å². The van der Waals surface area contributed by atoms with Crippen molar-refractivity contribution < 1.29 is 9.84 Å². The molecule has 9 heteroatoms. The van der Waals surface area contributed by atoms with E-state index >= 15 is 0 Å². The Morgan fingerprint density at radius 1 is 1.14 bits per heavy atom. The molecular weight excluding hydrogens is 427 g/mol. The number of aromatic nitrogens is 2. The molecule has 0 radical (unpaired) electrons. The third-order valence-corrected chi connectivity index (χ3v) is 9.98. The van der Waals surface area contributed by atoms with Crippen LogP contribution in [-0.2, 0) is 23.1 Å². The van der Waals surface area contributed by atoms with Gasteiger partial charge in [-0.1, -0.05) is 29.8 Å². The number of rotatable bonds is 6. The minimum Gasteiger partial charge on any atom is -0.508 e. The van der Waals surface area contributed by atoms with Crippen LogP contribution >= 0.6 is 18.1 Å². The summed E-state index contributed by atoms with van der Waals surface area (Å²) in [5.74, 6) is 0.251. The number of benzene rings is 2. The molecule has 29 heavy (non-hydrogen) atoms. The van der Waals surface area contributed by atoms with E-state index in [1.807, 2.05) is 53.0 Å². The van der Waals surface area contributed by atoms with Crippen LogP contribution in [0.25, 0.3) is 0 Å². The van der Waals surface area contributed by atoms with Gasteiger partial charge >= 0.3 is 0 Å². The van der Waals surface area contributed by atoms with Crippen molar-refractivity contribution in [3.63, 3.8) is 0 Å². The van der Waals surface area contributed by atoms with Crippen molar-refractivity contribution in [2.75, 3.05) is 31.0 Å². The van der Waals surface area contributed by atoms with E-state index in [9.17, 15) is 5.11 Å². The van der Waals surface area contributed by atoms with Crippen molar-refractivity contribution in [1.82, 2.24) is 14.0 Å². The number of morpholine rings is 1. The summed E-state index contributed by atoms with van der Waals surface area (Å²) in [5.41, 5.74) is 1.76. The predicted octanol–water partition coefficient (Wildman–Crippen LogP) is 4.35. The highest BCUT2D eigenvalue weighted by atomic mass is 35.5. The van der Waals surface area contributed by atoms with E-state index in [1.165, 1.54) is 0 Å². The van der Waals surface area contributed by atoms with Crippen LogP contribution in [0.5, 0.6) is 5.75 Å². The summed E-state index contributed by atoms with van der Waals surface area (Å²) < 4.78 is 12.1. The van der Waals surface area contributed by atoms with Crippen molar-refractivity contribution in [2.24, 2.45) is 0 Å². The first-order valence-electron chi connectivity index (χ1n) is 9.31. The quantitative estimate of drug-likeness (QED) is 0.566. The Bertz CT molecular complexity index is 994. The summed E-state index contributed by atoms with van der Waals surface area (Å²) in [7, 11) is 0. The molecule has 0 aliphatic carbocycles. The Morgan fingerprint density at radius 3 is 2.52 bits per heavy atom. The Balaban J connectivity index is 1.85. The molecule has 6 nitrogen and oxygen atoms in total. The second-order valence-electron chi connectivity index (χ2n) is 6.68. The van der Waals surface area contributed by atoms with Gasteiger partial charge < -0.3 is 14.5 Å². The molecule has 0 spiro atoms. The van der Waals surface area contributed by atoms with Gasteiger partial charge in [-0.15, -0.1) is 0 Å². The minimum atomic E-state index is -2.51. The van der Waals surface area contributed by atoms with Crippen molar-refractivity contribution in [3.8, 4) is 5.75 Å². The molecule has 1 aliphatic rings. The molecule has 1 saturated heterocycles. The van der Waals surface area contributed by atoms with E-state index in [-0.39, 0.29) is 5.75 Å². The highest BCUT2D eigenvalue weighted by Crippen LogP contribution is 2.57. The number of hydrogen-bond acceptors (Lipinski definition) is 4. The molecule has 0 amide bonds. The number of imidazole rings is 1. The molecule has 1 atom stereocenters. The number of ether oxygens (including phenoxy) is 1. The number of anilines is 1. The Labute approximate surface area is 180 Å². The lowest BCUT2D eigenvalue weighted by Crippen LogP contribution is -2.41. The molecule has 0 saturated carbocycles. The highest BCUT2D eigenvalue weighted by molar-refractivity contribution is 8.13. The van der Waals surface area contributed by atoms with Crippen molar-refractivity contribution in [3.05, 3.63) is 77.8 Å². The SMILES string of the molecule is Oc1ccccc1CN(c1ccc(Cl)cc1)P(=S)(N1CCOCC1)n1ccnc1. The monoisotopic (exact) mass is 448 g/mol. The number of hydrogen-bond donors (Lipinski definition) is 1. The molecule has 1 aliphatic heterocycles. The van der Waals surface area contributed by atoms with Gasteiger partial charge in [0.2, 0.25) is 0 Å². The summed E-state index contributed by atoms with van der Waals surface area (Å²) in [6.45, 7) is 0.695. The topological polar surface area (TPSA) is 53.8 Å². The number of para-hydroxylation sites is 1. The van der Waals surface area contributed by atoms with Crippen molar-refractivity contribution in [2.45, 2.75) is 6.54 Å². The summed E-state index contributed by atoms with van der Waals surface area (Å²) in [4.78, 5) is 4.27. The van der Waals surface area contributed by atoms with Gasteiger partial charge in [-0.2, -0.15) is 0 Å². The van der Waals surface area contributed by atoms with Crippen LogP contribution in [-0.4, -0.2) is 45.4 Å². The van der Waals surface area contributed by atoms with Gasteiger partial charge in [0.05, 0.1) is 19.8 Å². The molecular formula is C20H22ClN4O2PS. The smallest absolute Gasteiger partial charge is 0.199 e. The number of phenolic OH excluding ortho intramolecular Hbond substituents is 1. The van der Waals surface area contributed by atoms with E-state index < -0.39 is 6.49 Å². The Morgan fingerprint density at radius 2 is 1.86 bits per heavy atom. The van der Waals surface area contributed by atoms with Gasteiger partial charge in [0.25, 0.3) is 0 Å². The third-order valence-electron chi connectivity index (χ3n) is 4.90. The molecule has 2 aromatic carbocycles. The van der Waals surface area contributed by atoms with Crippen LogP contribution in [0.15, 0.2) is 67.3 Å². The van der Waals surface area contributed by atoms with Gasteiger partial charge in [-0.3, -0.25) is 4.34 Å². The zero-order chi connectivity index (χ0) is 20.3. The maximum absolute atomic E-state index is 10.4. The van der Waals surface area contributed by atoms with E-state index in [1.54, 1.807) is 18.6 Å². The van der Waals surface area contributed by atoms with Crippen molar-refractivity contribution in [1.29, 1.82) is 0 Å². The normalized spacial score (nSPS) is 17.0. The average Bonchev–Trinajstić information content (AvgIpc) is 3.30. The fourth-order valence-electron chi connectivity index (χ4n) is 3.40. The minimum absolute atomic E-state index is 0.251. The van der Waals surface area contributed by atoms with E-state index in [0.29, 0.717) is 24.8 Å². The summed E-state index contributed by atoms with van der Waals surface area (Å²) in [5, 5.41) is 11.1. The number of phenols is 1. The van der Waals surface area contributed by atoms with Crippen molar-refractivity contribution >= 4 is 35.6 Å². The summed E-state index contributed by atoms with van der Waals surface area (Å²) in [6.07, 6.45) is 5.45. The number of aromatic hydroxyl groups is 1. The molecule has 3 aromatic rings. The van der Waals surface area contributed by atoms with E-state index in [4.69, 9.17) is 28.1 Å². The number of halogens is 1. The highest BCUT2D eigenvalue weighted by Gasteiger charge is 2.36. The fraction of sp³-hybridized carbons (Fsp3) is 0.250. The van der Waals surface area contributed by atoms with Crippen LogP contribution in [0, 0.1) is 0 Å². The summed E-state index contributed by atoms with van der Waals surface area (Å²) >= 11 is 12.6. The molecule has 4 rings (SSSR count). The second kappa shape index (κ2) is 8.86. The second-order valence-corrected chi connectivity index (χ2v) is 11.1. The fourth-order valence-corrected chi connectivity index (χ4v) is 7.49. The van der Waals surface area contributed by atoms with Crippen LogP contribution < -0.4 is 4.67 Å². The lowest BCUT2D eigenvalue weighted by Gasteiger charge is -2.45. The van der Waals surface area contributed by atoms with Gasteiger partial charge in [0.15, 0.2) is 6.49 Å². The first kappa shape index (κ1) is 20.4. The maximum atomic E-state index is 10.4. The maximum Gasteiger partial charge on any atom is 0.199 e. The summed E-state index contributed by atoms with van der Waals surface area (Å²) in [6, 6.07) is 15.0.